The molecule has 0 bridgehead atoms. The summed E-state index contributed by atoms with van der Waals surface area (Å²) < 4.78 is 1.72. The number of hydrazine groups is 1. The molecule has 1 aliphatic heterocycles. The largest absolute Gasteiger partial charge is 0.478 e. The quantitative estimate of drug-likeness (QED) is 0.447. The van der Waals surface area contributed by atoms with Crippen LogP contribution in [0.3, 0.4) is 0 Å². The number of rotatable bonds is 6. The van der Waals surface area contributed by atoms with Gasteiger partial charge in [-0.05, 0) is 35.4 Å². The Hall–Kier alpha value is -4.17. The van der Waals surface area contributed by atoms with Crippen LogP contribution < -0.4 is 10.7 Å². The van der Waals surface area contributed by atoms with E-state index in [4.69, 9.17) is 5.11 Å². The molecule has 31 heavy (non-hydrogen) atoms. The van der Waals surface area contributed by atoms with Crippen LogP contribution in [0.25, 0.3) is 16.8 Å². The molecule has 2 aromatic carbocycles. The molecule has 0 amide bonds. The summed E-state index contributed by atoms with van der Waals surface area (Å²) in [5.41, 5.74) is 8.22. The summed E-state index contributed by atoms with van der Waals surface area (Å²) in [5, 5.41) is 19.0. The van der Waals surface area contributed by atoms with Gasteiger partial charge >= 0.3 is 5.97 Å². The number of benzene rings is 2. The molecule has 0 radical (unpaired) electrons. The molecule has 0 unspecified atom stereocenters. The third-order valence-electron chi connectivity index (χ3n) is 5.06. The first-order chi connectivity index (χ1) is 15.2. The topological polar surface area (TPSA) is 94.8 Å². The van der Waals surface area contributed by atoms with Crippen molar-refractivity contribution in [3.8, 4) is 11.1 Å². The van der Waals surface area contributed by atoms with Crippen molar-refractivity contribution in [2.45, 2.75) is 6.54 Å². The minimum atomic E-state index is -0.946. The van der Waals surface area contributed by atoms with Crippen molar-refractivity contribution in [1.82, 2.24) is 25.0 Å². The Kier molecular flexibility index (Phi) is 4.81. The zero-order valence-electron chi connectivity index (χ0n) is 16.6. The molecule has 8 heteroatoms. The van der Waals surface area contributed by atoms with Gasteiger partial charge < -0.3 is 15.4 Å². The fraction of sp³-hybridized carbons (Fsp3) is 0.0870. The van der Waals surface area contributed by atoms with Gasteiger partial charge in [0.1, 0.15) is 0 Å². The summed E-state index contributed by atoms with van der Waals surface area (Å²) in [6, 6.07) is 20.8. The number of anilines is 1. The van der Waals surface area contributed by atoms with Gasteiger partial charge in [-0.3, -0.25) is 0 Å². The van der Waals surface area contributed by atoms with Crippen LogP contribution in [0.5, 0.6) is 0 Å². The normalized spacial score (nSPS) is 13.4. The van der Waals surface area contributed by atoms with Crippen LogP contribution >= 0.6 is 0 Å². The van der Waals surface area contributed by atoms with Gasteiger partial charge in [0, 0.05) is 18.0 Å². The third-order valence-corrected chi connectivity index (χ3v) is 5.06. The molecule has 0 aliphatic carbocycles. The van der Waals surface area contributed by atoms with Gasteiger partial charge in [-0.15, -0.1) is 5.10 Å². The predicted octanol–water partition coefficient (Wildman–Crippen LogP) is 3.37. The van der Waals surface area contributed by atoms with Gasteiger partial charge in [0.05, 0.1) is 24.4 Å². The van der Waals surface area contributed by atoms with Crippen molar-refractivity contribution < 1.29 is 9.90 Å². The predicted molar refractivity (Wildman–Crippen MR) is 117 cm³/mol. The molecule has 0 atom stereocenters. The molecular formula is C23H20N6O2. The number of carboxylic acids is 1. The van der Waals surface area contributed by atoms with E-state index in [1.807, 2.05) is 47.7 Å². The van der Waals surface area contributed by atoms with Crippen molar-refractivity contribution >= 4 is 17.6 Å². The van der Waals surface area contributed by atoms with Crippen molar-refractivity contribution in [2.24, 2.45) is 0 Å². The number of pyridine rings is 1. The minimum Gasteiger partial charge on any atom is -0.478 e. The van der Waals surface area contributed by atoms with E-state index in [2.05, 4.69) is 33.0 Å². The Labute approximate surface area is 178 Å². The average molecular weight is 412 g/mol. The minimum absolute atomic E-state index is 0.250. The van der Waals surface area contributed by atoms with Crippen LogP contribution in [0.4, 0.5) is 5.95 Å². The molecule has 4 aromatic rings. The van der Waals surface area contributed by atoms with E-state index in [0.29, 0.717) is 18.1 Å². The molecule has 0 fully saturated rings. The second-order valence-corrected chi connectivity index (χ2v) is 7.24. The summed E-state index contributed by atoms with van der Waals surface area (Å²) in [7, 11) is 0. The van der Waals surface area contributed by atoms with Crippen LogP contribution in [0.1, 0.15) is 15.9 Å². The number of hydrogen-bond acceptors (Lipinski definition) is 6. The molecule has 3 heterocycles. The van der Waals surface area contributed by atoms with Gasteiger partial charge in [-0.1, -0.05) is 42.5 Å². The number of aromatic carboxylic acids is 1. The molecule has 2 aromatic heterocycles. The van der Waals surface area contributed by atoms with Gasteiger partial charge in [0.25, 0.3) is 0 Å². The summed E-state index contributed by atoms with van der Waals surface area (Å²) in [4.78, 5) is 15.8. The maximum Gasteiger partial charge on any atom is 0.335 e. The Morgan fingerprint density at radius 2 is 1.87 bits per heavy atom. The highest BCUT2D eigenvalue weighted by Crippen LogP contribution is 2.25. The number of carbonyl (C=O) groups is 1. The Bertz CT molecular complexity index is 1260. The number of nitrogens with zero attached hydrogens (tertiary/aromatic N) is 4. The second kappa shape index (κ2) is 7.92. The fourth-order valence-corrected chi connectivity index (χ4v) is 3.54. The van der Waals surface area contributed by atoms with Gasteiger partial charge in [-0.2, -0.15) is 4.98 Å². The molecule has 0 saturated heterocycles. The molecule has 0 spiro atoms. The van der Waals surface area contributed by atoms with Crippen molar-refractivity contribution in [3.63, 3.8) is 0 Å². The average Bonchev–Trinajstić information content (AvgIpc) is 3.40. The molecule has 3 N–H and O–H groups in total. The Morgan fingerprint density at radius 1 is 1.06 bits per heavy atom. The van der Waals surface area contributed by atoms with Crippen LogP contribution in [0.2, 0.25) is 0 Å². The molecule has 8 nitrogen and oxygen atoms in total. The number of fused-ring (bicyclic) bond motifs is 1. The number of hydrogen-bond donors (Lipinski definition) is 3. The van der Waals surface area contributed by atoms with E-state index in [0.717, 1.165) is 23.4 Å². The van der Waals surface area contributed by atoms with Gasteiger partial charge in [0.15, 0.2) is 5.65 Å². The highest BCUT2D eigenvalue weighted by Gasteiger charge is 2.15. The lowest BCUT2D eigenvalue weighted by Crippen LogP contribution is -2.28. The highest BCUT2D eigenvalue weighted by atomic mass is 16.4. The number of nitrogens with one attached hydrogen (secondary N) is 2. The summed E-state index contributed by atoms with van der Waals surface area (Å²) >= 11 is 0. The SMILES string of the molecule is O=C(O)c1ccc(-c2cccn3nc(NC4=CN(Cc5ccccc5)NC4)nc23)cc1. The first-order valence-corrected chi connectivity index (χ1v) is 9.87. The maximum atomic E-state index is 11.1. The molecular weight excluding hydrogens is 392 g/mol. The van der Waals surface area contributed by atoms with Gasteiger partial charge in [0.2, 0.25) is 5.95 Å². The zero-order chi connectivity index (χ0) is 21.2. The highest BCUT2D eigenvalue weighted by molar-refractivity contribution is 5.89. The van der Waals surface area contributed by atoms with Gasteiger partial charge in [-0.25, -0.2) is 14.7 Å². The Balaban J connectivity index is 1.36. The van der Waals surface area contributed by atoms with E-state index in [1.165, 1.54) is 5.56 Å². The number of carboxylic acid groups (broad SMARTS) is 1. The lowest BCUT2D eigenvalue weighted by molar-refractivity contribution is 0.0697. The van der Waals surface area contributed by atoms with Crippen LogP contribution in [0.15, 0.2) is 84.8 Å². The number of aromatic nitrogens is 3. The molecule has 1 aliphatic rings. The first-order valence-electron chi connectivity index (χ1n) is 9.87. The van der Waals surface area contributed by atoms with E-state index >= 15 is 0 Å². The lowest BCUT2D eigenvalue weighted by Gasteiger charge is -2.15. The standard InChI is InChI=1S/C23H20N6O2/c30-22(31)18-10-8-17(9-11-18)20-7-4-12-29-21(20)26-23(27-29)25-19-13-24-28(15-19)14-16-5-2-1-3-6-16/h1-12,15,24H,13-14H2,(H,25,27)(H,30,31). The van der Waals surface area contributed by atoms with Crippen LogP contribution in [0, 0.1) is 0 Å². The van der Waals surface area contributed by atoms with Crippen molar-refractivity contribution in [1.29, 1.82) is 0 Å². The Morgan fingerprint density at radius 3 is 2.65 bits per heavy atom. The van der Waals surface area contributed by atoms with Crippen molar-refractivity contribution in [2.75, 3.05) is 11.9 Å². The van der Waals surface area contributed by atoms with E-state index in [-0.39, 0.29) is 5.56 Å². The first kappa shape index (κ1) is 18.8. The summed E-state index contributed by atoms with van der Waals surface area (Å²) in [6.07, 6.45) is 3.86. The summed E-state index contributed by atoms with van der Waals surface area (Å²) in [5.74, 6) is -0.442. The zero-order valence-corrected chi connectivity index (χ0v) is 16.6. The van der Waals surface area contributed by atoms with E-state index in [1.54, 1.807) is 28.8 Å². The summed E-state index contributed by atoms with van der Waals surface area (Å²) in [6.45, 7) is 1.42. The monoisotopic (exact) mass is 412 g/mol. The van der Waals surface area contributed by atoms with Crippen LogP contribution in [-0.2, 0) is 6.54 Å². The van der Waals surface area contributed by atoms with Crippen LogP contribution in [-0.4, -0.2) is 37.2 Å². The van der Waals surface area contributed by atoms with Crippen molar-refractivity contribution in [3.05, 3.63) is 96.0 Å². The second-order valence-electron chi connectivity index (χ2n) is 7.24. The smallest absolute Gasteiger partial charge is 0.335 e. The van der Waals surface area contributed by atoms with E-state index in [9.17, 15) is 4.79 Å². The van der Waals surface area contributed by atoms with E-state index < -0.39 is 5.97 Å². The molecule has 5 rings (SSSR count). The maximum absolute atomic E-state index is 11.1. The third kappa shape index (κ3) is 3.96. The molecule has 154 valence electrons. The molecule has 0 saturated carbocycles. The lowest BCUT2D eigenvalue weighted by atomic mass is 10.1. The fourth-order valence-electron chi connectivity index (χ4n) is 3.54.